The molecule has 25 heavy (non-hydrogen) atoms. The zero-order valence-electron chi connectivity index (χ0n) is 16.5. The van der Waals surface area contributed by atoms with Crippen molar-refractivity contribution in [3.63, 3.8) is 0 Å². The van der Waals surface area contributed by atoms with Crippen molar-refractivity contribution in [3.05, 3.63) is 12.7 Å². The van der Waals surface area contributed by atoms with E-state index >= 15 is 0 Å². The van der Waals surface area contributed by atoms with Crippen LogP contribution in [0.15, 0.2) is 12.7 Å². The number of allylic oxidation sites excluding steroid dienone is 1. The molecule has 0 aromatic rings. The normalized spacial score (nSPS) is 53.4. The summed E-state index contributed by atoms with van der Waals surface area (Å²) in [5.74, 6) is 3.50. The molecule has 4 fully saturated rings. The van der Waals surface area contributed by atoms with Gasteiger partial charge >= 0.3 is 0 Å². The highest BCUT2D eigenvalue weighted by Crippen LogP contribution is 2.68. The summed E-state index contributed by atoms with van der Waals surface area (Å²) in [7, 11) is 1.94. The first kappa shape index (κ1) is 18.0. The molecule has 0 spiro atoms. The van der Waals surface area contributed by atoms with Gasteiger partial charge in [-0.3, -0.25) is 0 Å². The lowest BCUT2D eigenvalue weighted by atomic mass is 9.44. The maximum atomic E-state index is 10.4. The van der Waals surface area contributed by atoms with Gasteiger partial charge in [0.1, 0.15) is 0 Å². The minimum atomic E-state index is -0.209. The summed E-state index contributed by atoms with van der Waals surface area (Å²) in [5, 5.41) is 10.4. The molecule has 9 unspecified atom stereocenters. The Morgan fingerprint density at radius 2 is 1.88 bits per heavy atom. The Labute approximate surface area is 154 Å². The number of hydrogen-bond donors (Lipinski definition) is 1. The first-order valence-corrected chi connectivity index (χ1v) is 10.8. The molecule has 4 saturated carbocycles. The second-order valence-corrected chi connectivity index (χ2v) is 10.0. The van der Waals surface area contributed by atoms with Crippen molar-refractivity contribution in [2.75, 3.05) is 7.11 Å². The molecular weight excluding hydrogens is 308 g/mol. The maximum Gasteiger partial charge on any atom is 0.0607 e. The van der Waals surface area contributed by atoms with Gasteiger partial charge in [0, 0.05) is 7.11 Å². The van der Waals surface area contributed by atoms with Crippen molar-refractivity contribution in [1.82, 2.24) is 0 Å². The van der Waals surface area contributed by atoms with Gasteiger partial charge in [0.15, 0.2) is 0 Å². The van der Waals surface area contributed by atoms with E-state index in [1.807, 2.05) is 14.0 Å². The lowest BCUT2D eigenvalue weighted by molar-refractivity contribution is -0.164. The van der Waals surface area contributed by atoms with Gasteiger partial charge in [-0.15, -0.1) is 6.58 Å². The van der Waals surface area contributed by atoms with Crippen LogP contribution in [-0.2, 0) is 4.74 Å². The number of rotatable bonds is 3. The summed E-state index contributed by atoms with van der Waals surface area (Å²) in [5.41, 5.74) is 0.642. The van der Waals surface area contributed by atoms with Crippen LogP contribution in [0, 0.1) is 40.4 Å². The molecule has 0 aromatic heterocycles. The Morgan fingerprint density at radius 1 is 1.08 bits per heavy atom. The molecule has 1 N–H and O–H groups in total. The number of ether oxygens (including phenoxy) is 1. The van der Waals surface area contributed by atoms with Crippen LogP contribution in [0.25, 0.3) is 0 Å². The molecule has 4 aliphatic carbocycles. The predicted molar refractivity (Wildman–Crippen MR) is 102 cm³/mol. The largest absolute Gasteiger partial charge is 0.393 e. The SMILES string of the molecule is C=CC12CCC3C(CC(OC)C4CCCCC43C)C1CCC2C(C)O. The molecule has 142 valence electrons. The molecule has 2 heteroatoms. The van der Waals surface area contributed by atoms with Crippen LogP contribution in [0.5, 0.6) is 0 Å². The Bertz CT molecular complexity index is 514. The van der Waals surface area contributed by atoms with E-state index in [9.17, 15) is 5.11 Å². The van der Waals surface area contributed by atoms with Gasteiger partial charge in [0.05, 0.1) is 12.2 Å². The average molecular weight is 347 g/mol. The van der Waals surface area contributed by atoms with Crippen LogP contribution in [0.4, 0.5) is 0 Å². The Morgan fingerprint density at radius 3 is 2.56 bits per heavy atom. The summed E-state index contributed by atoms with van der Waals surface area (Å²) < 4.78 is 6.09. The summed E-state index contributed by atoms with van der Waals surface area (Å²) in [6, 6.07) is 0. The third kappa shape index (κ3) is 2.42. The first-order chi connectivity index (χ1) is 12.0. The second kappa shape index (κ2) is 6.37. The van der Waals surface area contributed by atoms with E-state index in [4.69, 9.17) is 4.74 Å². The summed E-state index contributed by atoms with van der Waals surface area (Å²) in [4.78, 5) is 0. The predicted octanol–water partition coefficient (Wildman–Crippen LogP) is 5.21. The fourth-order valence-corrected chi connectivity index (χ4v) is 8.45. The Balaban J connectivity index is 1.70. The third-order valence-corrected chi connectivity index (χ3v) is 9.48. The number of hydrogen-bond acceptors (Lipinski definition) is 2. The summed E-state index contributed by atoms with van der Waals surface area (Å²) in [6.07, 6.45) is 14.3. The van der Waals surface area contributed by atoms with E-state index in [0.29, 0.717) is 23.4 Å². The molecule has 0 bridgehead atoms. The maximum absolute atomic E-state index is 10.4. The smallest absolute Gasteiger partial charge is 0.0607 e. The molecule has 4 rings (SSSR count). The Hall–Kier alpha value is -0.340. The molecular formula is C23H38O2. The molecule has 0 saturated heterocycles. The summed E-state index contributed by atoms with van der Waals surface area (Å²) >= 11 is 0. The van der Waals surface area contributed by atoms with Crippen LogP contribution in [0.3, 0.4) is 0 Å². The molecule has 4 aliphatic rings. The molecule has 0 amide bonds. The van der Waals surface area contributed by atoms with Crippen molar-refractivity contribution in [2.24, 2.45) is 40.4 Å². The number of aliphatic hydroxyl groups is 1. The van der Waals surface area contributed by atoms with Gasteiger partial charge in [0.2, 0.25) is 0 Å². The van der Waals surface area contributed by atoms with Crippen LogP contribution >= 0.6 is 0 Å². The zero-order chi connectivity index (χ0) is 17.8. The highest BCUT2D eigenvalue weighted by molar-refractivity contribution is 5.16. The minimum Gasteiger partial charge on any atom is -0.393 e. The fraction of sp³-hybridized carbons (Fsp3) is 0.913. The van der Waals surface area contributed by atoms with Gasteiger partial charge in [0.25, 0.3) is 0 Å². The van der Waals surface area contributed by atoms with Crippen molar-refractivity contribution in [2.45, 2.75) is 83.8 Å². The first-order valence-electron chi connectivity index (χ1n) is 10.8. The van der Waals surface area contributed by atoms with Gasteiger partial charge in [-0.25, -0.2) is 0 Å². The molecule has 2 nitrogen and oxygen atoms in total. The fourth-order valence-electron chi connectivity index (χ4n) is 8.45. The van der Waals surface area contributed by atoms with Crippen LogP contribution < -0.4 is 0 Å². The van der Waals surface area contributed by atoms with E-state index < -0.39 is 0 Å². The van der Waals surface area contributed by atoms with Gasteiger partial charge in [-0.1, -0.05) is 25.8 Å². The highest BCUT2D eigenvalue weighted by atomic mass is 16.5. The lowest BCUT2D eigenvalue weighted by Crippen LogP contribution is -2.57. The van der Waals surface area contributed by atoms with Crippen LogP contribution in [0.1, 0.15) is 71.6 Å². The quantitative estimate of drug-likeness (QED) is 0.711. The summed E-state index contributed by atoms with van der Waals surface area (Å²) in [6.45, 7) is 8.88. The molecule has 0 aliphatic heterocycles. The van der Waals surface area contributed by atoms with Gasteiger partial charge in [-0.2, -0.15) is 0 Å². The Kier molecular flexibility index (Phi) is 4.60. The molecule has 0 radical (unpaired) electrons. The lowest BCUT2D eigenvalue weighted by Gasteiger charge is -2.62. The number of fused-ring (bicyclic) bond motifs is 5. The van der Waals surface area contributed by atoms with E-state index in [1.54, 1.807) is 0 Å². The van der Waals surface area contributed by atoms with E-state index in [-0.39, 0.29) is 11.5 Å². The van der Waals surface area contributed by atoms with Crippen molar-refractivity contribution < 1.29 is 9.84 Å². The van der Waals surface area contributed by atoms with Crippen molar-refractivity contribution >= 4 is 0 Å². The van der Waals surface area contributed by atoms with Gasteiger partial charge in [-0.05, 0) is 92.3 Å². The van der Waals surface area contributed by atoms with Crippen LogP contribution in [-0.4, -0.2) is 24.4 Å². The zero-order valence-corrected chi connectivity index (χ0v) is 16.5. The average Bonchev–Trinajstić information content (AvgIpc) is 3.01. The molecule has 0 heterocycles. The second-order valence-electron chi connectivity index (χ2n) is 10.0. The highest BCUT2D eigenvalue weighted by Gasteiger charge is 2.62. The van der Waals surface area contributed by atoms with Crippen LogP contribution in [0.2, 0.25) is 0 Å². The standard InChI is InChI=1S/C23H38O2/c1-5-23-13-11-18-16(19(23)10-9-17(23)15(2)24)14-21(25-4)20-8-6-7-12-22(18,20)3/h5,15-21,24H,1,6-14H2,2-4H3. The molecule has 0 aromatic carbocycles. The van der Waals surface area contributed by atoms with Crippen molar-refractivity contribution in [1.29, 1.82) is 0 Å². The monoisotopic (exact) mass is 346 g/mol. The third-order valence-electron chi connectivity index (χ3n) is 9.48. The van der Waals surface area contributed by atoms with E-state index in [0.717, 1.165) is 17.8 Å². The van der Waals surface area contributed by atoms with E-state index in [2.05, 4.69) is 19.6 Å². The topological polar surface area (TPSA) is 29.5 Å². The van der Waals surface area contributed by atoms with E-state index in [1.165, 1.54) is 57.8 Å². The van der Waals surface area contributed by atoms with Gasteiger partial charge < -0.3 is 9.84 Å². The number of aliphatic hydroxyl groups excluding tert-OH is 1. The number of methoxy groups -OCH3 is 1. The minimum absolute atomic E-state index is 0.172. The molecule has 9 atom stereocenters. The van der Waals surface area contributed by atoms with Crippen molar-refractivity contribution in [3.8, 4) is 0 Å².